The number of ether oxygens (including phenoxy) is 1. The first-order valence-corrected chi connectivity index (χ1v) is 9.46. The first-order chi connectivity index (χ1) is 13.1. The molecule has 0 atom stereocenters. The van der Waals surface area contributed by atoms with Gasteiger partial charge in [-0.05, 0) is 37.0 Å². The molecule has 144 valence electrons. The van der Waals surface area contributed by atoms with E-state index in [2.05, 4.69) is 46.8 Å². The number of hydrogen-bond donors (Lipinski definition) is 2. The summed E-state index contributed by atoms with van der Waals surface area (Å²) in [4.78, 5) is 4.31. The van der Waals surface area contributed by atoms with E-state index in [0.717, 1.165) is 32.6 Å². The van der Waals surface area contributed by atoms with E-state index < -0.39 is 0 Å². The third kappa shape index (κ3) is 4.66. The highest BCUT2D eigenvalue weighted by Crippen LogP contribution is 2.36. The van der Waals surface area contributed by atoms with Crippen molar-refractivity contribution in [2.24, 2.45) is 4.99 Å². The van der Waals surface area contributed by atoms with Crippen LogP contribution < -0.4 is 10.6 Å². The van der Waals surface area contributed by atoms with Gasteiger partial charge in [0, 0.05) is 44.3 Å². The SMILES string of the molecule is CN=C(NCc1ccccc1F)NCC1(c2ccccc2C)CCOCC1. The highest BCUT2D eigenvalue weighted by atomic mass is 19.1. The van der Waals surface area contributed by atoms with Crippen LogP contribution in [-0.2, 0) is 16.7 Å². The van der Waals surface area contributed by atoms with Gasteiger partial charge in [-0.1, -0.05) is 42.5 Å². The monoisotopic (exact) mass is 369 g/mol. The Kier molecular flexibility index (Phi) is 6.45. The van der Waals surface area contributed by atoms with Crippen LogP contribution in [0.2, 0.25) is 0 Å². The molecule has 2 aromatic rings. The molecule has 1 aliphatic heterocycles. The molecule has 0 unspecified atom stereocenters. The second-order valence-electron chi connectivity index (χ2n) is 7.08. The molecule has 0 saturated carbocycles. The lowest BCUT2D eigenvalue weighted by molar-refractivity contribution is 0.0512. The van der Waals surface area contributed by atoms with Gasteiger partial charge in [-0.3, -0.25) is 4.99 Å². The minimum absolute atomic E-state index is 0.0131. The largest absolute Gasteiger partial charge is 0.381 e. The lowest BCUT2D eigenvalue weighted by Crippen LogP contribution is -2.48. The second kappa shape index (κ2) is 9.00. The molecular weight excluding hydrogens is 341 g/mol. The molecule has 0 amide bonds. The Morgan fingerprint density at radius 3 is 2.48 bits per heavy atom. The summed E-state index contributed by atoms with van der Waals surface area (Å²) >= 11 is 0. The summed E-state index contributed by atoms with van der Waals surface area (Å²) in [6, 6.07) is 15.4. The maximum Gasteiger partial charge on any atom is 0.191 e. The molecule has 1 saturated heterocycles. The van der Waals surface area contributed by atoms with Gasteiger partial charge in [0.2, 0.25) is 0 Å². The van der Waals surface area contributed by atoms with Gasteiger partial charge in [0.15, 0.2) is 5.96 Å². The van der Waals surface area contributed by atoms with Crippen molar-refractivity contribution in [1.82, 2.24) is 10.6 Å². The van der Waals surface area contributed by atoms with E-state index >= 15 is 0 Å². The standard InChI is InChI=1S/C22H28FN3O/c1-17-7-3-5-9-19(17)22(11-13-27-14-12-22)16-26-21(24-2)25-15-18-8-4-6-10-20(18)23/h3-10H,11-16H2,1-2H3,(H2,24,25,26). The molecule has 0 aromatic heterocycles. The minimum Gasteiger partial charge on any atom is -0.381 e. The summed E-state index contributed by atoms with van der Waals surface area (Å²) in [5, 5.41) is 6.67. The Labute approximate surface area is 160 Å². The summed E-state index contributed by atoms with van der Waals surface area (Å²) in [6.07, 6.45) is 1.93. The van der Waals surface area contributed by atoms with Crippen molar-refractivity contribution in [2.75, 3.05) is 26.8 Å². The van der Waals surface area contributed by atoms with Crippen LogP contribution in [0.4, 0.5) is 4.39 Å². The number of hydrogen-bond acceptors (Lipinski definition) is 2. The molecule has 3 rings (SSSR count). The minimum atomic E-state index is -0.207. The fourth-order valence-corrected chi connectivity index (χ4v) is 3.77. The molecule has 5 heteroatoms. The van der Waals surface area contributed by atoms with Crippen LogP contribution in [0, 0.1) is 12.7 Å². The number of halogens is 1. The number of aryl methyl sites for hydroxylation is 1. The predicted octanol–water partition coefficient (Wildman–Crippen LogP) is 3.55. The molecule has 2 N–H and O–H groups in total. The third-order valence-corrected chi connectivity index (χ3v) is 5.39. The Morgan fingerprint density at radius 2 is 1.78 bits per heavy atom. The van der Waals surface area contributed by atoms with Crippen molar-refractivity contribution in [3.05, 3.63) is 71.0 Å². The molecule has 1 aliphatic rings. The zero-order valence-corrected chi connectivity index (χ0v) is 16.1. The normalized spacial score (nSPS) is 16.8. The highest BCUT2D eigenvalue weighted by molar-refractivity contribution is 5.79. The first kappa shape index (κ1) is 19.4. The Hall–Kier alpha value is -2.40. The van der Waals surface area contributed by atoms with Crippen molar-refractivity contribution in [3.63, 3.8) is 0 Å². The fraction of sp³-hybridized carbons (Fsp3) is 0.409. The van der Waals surface area contributed by atoms with Crippen LogP contribution >= 0.6 is 0 Å². The lowest BCUT2D eigenvalue weighted by atomic mass is 9.72. The first-order valence-electron chi connectivity index (χ1n) is 9.46. The maximum atomic E-state index is 13.8. The van der Waals surface area contributed by atoms with Gasteiger partial charge >= 0.3 is 0 Å². The van der Waals surface area contributed by atoms with Crippen molar-refractivity contribution in [2.45, 2.75) is 31.7 Å². The highest BCUT2D eigenvalue weighted by Gasteiger charge is 2.35. The average molecular weight is 369 g/mol. The van der Waals surface area contributed by atoms with Crippen LogP contribution in [-0.4, -0.2) is 32.8 Å². The van der Waals surface area contributed by atoms with Crippen LogP contribution in [0.25, 0.3) is 0 Å². The molecular formula is C22H28FN3O. The predicted molar refractivity (Wildman–Crippen MR) is 108 cm³/mol. The van der Waals surface area contributed by atoms with Crippen LogP contribution in [0.15, 0.2) is 53.5 Å². The molecule has 0 radical (unpaired) electrons. The number of nitrogens with one attached hydrogen (secondary N) is 2. The zero-order chi connectivity index (χ0) is 19.1. The topological polar surface area (TPSA) is 45.7 Å². The summed E-state index contributed by atoms with van der Waals surface area (Å²) in [5.74, 6) is 0.471. The molecule has 1 heterocycles. The van der Waals surface area contributed by atoms with Crippen LogP contribution in [0.1, 0.15) is 29.5 Å². The molecule has 0 aliphatic carbocycles. The Bertz CT molecular complexity index is 785. The van der Waals surface area contributed by atoms with E-state index in [0.29, 0.717) is 18.1 Å². The summed E-state index contributed by atoms with van der Waals surface area (Å²) in [7, 11) is 1.74. The summed E-state index contributed by atoms with van der Waals surface area (Å²) in [5.41, 5.74) is 3.31. The van der Waals surface area contributed by atoms with E-state index in [-0.39, 0.29) is 11.2 Å². The fourth-order valence-electron chi connectivity index (χ4n) is 3.77. The van der Waals surface area contributed by atoms with E-state index in [4.69, 9.17) is 4.74 Å². The van der Waals surface area contributed by atoms with Gasteiger partial charge in [0.05, 0.1) is 0 Å². The molecule has 0 bridgehead atoms. The van der Waals surface area contributed by atoms with Crippen molar-refractivity contribution in [1.29, 1.82) is 0 Å². The average Bonchev–Trinajstić information content (AvgIpc) is 2.70. The zero-order valence-electron chi connectivity index (χ0n) is 16.1. The number of rotatable bonds is 5. The van der Waals surface area contributed by atoms with Gasteiger partial charge < -0.3 is 15.4 Å². The van der Waals surface area contributed by atoms with E-state index in [1.807, 2.05) is 6.07 Å². The van der Waals surface area contributed by atoms with Gasteiger partial charge in [-0.2, -0.15) is 0 Å². The van der Waals surface area contributed by atoms with Gasteiger partial charge in [-0.25, -0.2) is 4.39 Å². The van der Waals surface area contributed by atoms with Crippen molar-refractivity contribution < 1.29 is 9.13 Å². The van der Waals surface area contributed by atoms with Gasteiger partial charge in [-0.15, -0.1) is 0 Å². The molecule has 27 heavy (non-hydrogen) atoms. The Balaban J connectivity index is 1.69. The van der Waals surface area contributed by atoms with Crippen molar-refractivity contribution in [3.8, 4) is 0 Å². The van der Waals surface area contributed by atoms with Crippen molar-refractivity contribution >= 4 is 5.96 Å². The molecule has 4 nitrogen and oxygen atoms in total. The van der Waals surface area contributed by atoms with Crippen LogP contribution in [0.3, 0.4) is 0 Å². The number of benzene rings is 2. The molecule has 2 aromatic carbocycles. The van der Waals surface area contributed by atoms with Gasteiger partial charge in [0.25, 0.3) is 0 Å². The Morgan fingerprint density at radius 1 is 1.07 bits per heavy atom. The second-order valence-corrected chi connectivity index (χ2v) is 7.08. The summed E-state index contributed by atoms with van der Waals surface area (Å²) in [6.45, 7) is 4.84. The number of nitrogens with zero attached hydrogens (tertiary/aromatic N) is 1. The smallest absolute Gasteiger partial charge is 0.191 e. The molecule has 1 fully saturated rings. The maximum absolute atomic E-state index is 13.8. The number of aliphatic imine (C=N–C) groups is 1. The lowest BCUT2D eigenvalue weighted by Gasteiger charge is -2.39. The third-order valence-electron chi connectivity index (χ3n) is 5.39. The van der Waals surface area contributed by atoms with E-state index in [1.165, 1.54) is 17.2 Å². The number of guanidine groups is 1. The molecule has 0 spiro atoms. The van der Waals surface area contributed by atoms with E-state index in [1.54, 1.807) is 19.2 Å². The van der Waals surface area contributed by atoms with E-state index in [9.17, 15) is 4.39 Å². The summed E-state index contributed by atoms with van der Waals surface area (Å²) < 4.78 is 19.5. The van der Waals surface area contributed by atoms with Gasteiger partial charge in [0.1, 0.15) is 5.82 Å². The quantitative estimate of drug-likeness (QED) is 0.626. The van der Waals surface area contributed by atoms with Crippen LogP contribution in [0.5, 0.6) is 0 Å².